The average molecular weight is 927 g/mol. The Hall–Kier alpha value is -7.15. The lowest BCUT2D eigenvalue weighted by atomic mass is 9.77. The van der Waals surface area contributed by atoms with Gasteiger partial charge in [-0.15, -0.1) is 0 Å². The molecule has 0 aromatic heterocycles. The van der Waals surface area contributed by atoms with Crippen molar-refractivity contribution >= 4 is 80.1 Å². The third-order valence-corrected chi connectivity index (χ3v) is 13.6. The predicted molar refractivity (Wildman–Crippen MR) is 284 cm³/mol. The smallest absolute Gasteiger partial charge is 0.423 e. The molecule has 0 heterocycles. The molecule has 9 aromatic rings. The van der Waals surface area contributed by atoms with Gasteiger partial charge in [-0.25, -0.2) is 0 Å². The molecule has 0 aliphatic heterocycles. The second-order valence-corrected chi connectivity index (χ2v) is 18.5. The van der Waals surface area contributed by atoms with Crippen molar-refractivity contribution in [3.05, 3.63) is 214 Å². The molecule has 70 heavy (non-hydrogen) atoms. The number of nitrogens with zero attached hydrogens (tertiary/aromatic N) is 4. The Morgan fingerprint density at radius 1 is 0.343 bits per heavy atom. The van der Waals surface area contributed by atoms with E-state index in [4.69, 9.17) is 0 Å². The lowest BCUT2D eigenvalue weighted by Gasteiger charge is -2.25. The van der Waals surface area contributed by atoms with E-state index in [9.17, 15) is 29.7 Å². The molecule has 0 radical (unpaired) electrons. The van der Waals surface area contributed by atoms with E-state index >= 15 is 0 Å². The van der Waals surface area contributed by atoms with E-state index in [-0.39, 0.29) is 11.8 Å². The average Bonchev–Trinajstić information content (AvgIpc) is 3.37. The van der Waals surface area contributed by atoms with Gasteiger partial charge in [0.25, 0.3) is 11.8 Å². The molecule has 0 aliphatic carbocycles. The Balaban J connectivity index is 0.927. The van der Waals surface area contributed by atoms with Crippen LogP contribution in [0.3, 0.4) is 0 Å². The van der Waals surface area contributed by atoms with E-state index in [2.05, 4.69) is 58.3 Å². The minimum Gasteiger partial charge on any atom is -0.423 e. The first-order chi connectivity index (χ1) is 33.9. The Morgan fingerprint density at radius 3 is 0.857 bits per heavy atom. The molecule has 0 saturated heterocycles. The Labute approximate surface area is 409 Å². The minimum absolute atomic E-state index is 0.159. The summed E-state index contributed by atoms with van der Waals surface area (Å²) in [5.74, 6) is -0.319. The van der Waals surface area contributed by atoms with Crippen LogP contribution in [0.2, 0.25) is 0 Å². The molecule has 12 heteroatoms. The first-order valence-electron chi connectivity index (χ1n) is 23.6. The SMILES string of the molecule is CN(Cc1ccccc1B(O)O)Cc1c2ccccc2c(CN(C)C(=O)c2ccc(C(=O)N(C)Cc3c4ccccc4c(CN(C)Cc4ccccc4B(O)O)c4ccccc34)cc2)c2ccccc12. The number of carbonyl (C=O) groups is 2. The highest BCUT2D eigenvalue weighted by molar-refractivity contribution is 6.59. The maximum Gasteiger partial charge on any atom is 0.488 e. The molecule has 0 aliphatic rings. The van der Waals surface area contributed by atoms with Crippen molar-refractivity contribution in [1.82, 2.24) is 19.6 Å². The van der Waals surface area contributed by atoms with E-state index in [0.29, 0.717) is 61.3 Å². The fraction of sp³-hybridized carbons (Fsp3) is 0.172. The third-order valence-electron chi connectivity index (χ3n) is 13.6. The van der Waals surface area contributed by atoms with Gasteiger partial charge in [0, 0.05) is 64.5 Å². The summed E-state index contributed by atoms with van der Waals surface area (Å²) >= 11 is 0. The largest absolute Gasteiger partial charge is 0.488 e. The zero-order valence-electron chi connectivity index (χ0n) is 40.0. The molecule has 10 nitrogen and oxygen atoms in total. The van der Waals surface area contributed by atoms with E-state index < -0.39 is 14.2 Å². The molecule has 9 aromatic carbocycles. The Bertz CT molecular complexity index is 3050. The second kappa shape index (κ2) is 20.8. The molecule has 9 rings (SSSR count). The van der Waals surface area contributed by atoms with Gasteiger partial charge in [-0.2, -0.15) is 0 Å². The van der Waals surface area contributed by atoms with Crippen molar-refractivity contribution in [3.63, 3.8) is 0 Å². The van der Waals surface area contributed by atoms with Crippen molar-refractivity contribution in [2.75, 3.05) is 28.2 Å². The van der Waals surface area contributed by atoms with Crippen LogP contribution in [0.4, 0.5) is 0 Å². The molecule has 4 N–H and O–H groups in total. The fourth-order valence-electron chi connectivity index (χ4n) is 10.2. The van der Waals surface area contributed by atoms with Crippen LogP contribution in [0, 0.1) is 0 Å². The van der Waals surface area contributed by atoms with Crippen molar-refractivity contribution in [1.29, 1.82) is 0 Å². The summed E-state index contributed by atoms with van der Waals surface area (Å²) in [6.45, 7) is 2.99. The van der Waals surface area contributed by atoms with E-state index in [0.717, 1.165) is 76.5 Å². The topological polar surface area (TPSA) is 128 Å². The van der Waals surface area contributed by atoms with Gasteiger partial charge in [0.05, 0.1) is 0 Å². The maximum absolute atomic E-state index is 14.2. The van der Waals surface area contributed by atoms with Gasteiger partial charge in [-0.3, -0.25) is 19.4 Å². The number of rotatable bonds is 16. The number of hydrogen-bond acceptors (Lipinski definition) is 8. The summed E-state index contributed by atoms with van der Waals surface area (Å²) in [5.41, 5.74) is 8.03. The van der Waals surface area contributed by atoms with Crippen LogP contribution >= 0.6 is 0 Å². The van der Waals surface area contributed by atoms with Crippen LogP contribution in [-0.4, -0.2) is 93.9 Å². The minimum atomic E-state index is -1.55. The number of carbonyl (C=O) groups excluding carboxylic acids is 2. The van der Waals surface area contributed by atoms with Crippen LogP contribution in [0.1, 0.15) is 54.1 Å². The summed E-state index contributed by atoms with van der Waals surface area (Å²) < 4.78 is 0. The molecular weight excluding hydrogens is 870 g/mol. The van der Waals surface area contributed by atoms with Gasteiger partial charge >= 0.3 is 14.2 Å². The molecular formula is C58H56B2N4O6. The summed E-state index contributed by atoms with van der Waals surface area (Å²) in [4.78, 5) is 36.2. The number of benzene rings is 9. The van der Waals surface area contributed by atoms with Gasteiger partial charge < -0.3 is 29.9 Å². The van der Waals surface area contributed by atoms with Gasteiger partial charge in [0.2, 0.25) is 0 Å². The number of hydrogen-bond donors (Lipinski definition) is 4. The lowest BCUT2D eigenvalue weighted by molar-refractivity contribution is 0.0774. The predicted octanol–water partition coefficient (Wildman–Crippen LogP) is 7.47. The number of amides is 2. The van der Waals surface area contributed by atoms with Gasteiger partial charge in [0.1, 0.15) is 0 Å². The Morgan fingerprint density at radius 2 is 0.586 bits per heavy atom. The standard InChI is InChI=1S/C58H56B2N4O6/c1-61(33-41-17-5-15-27-55(41)59(67)68)35-51-43-19-7-11-23-47(43)53(48-24-12-8-20-44(48)51)37-63(3)57(65)39-29-31-40(32-30-39)58(66)64(4)38-54-49-25-13-9-21-45(49)52(46-22-10-14-26-50(46)54)36-62(2)34-42-18-6-16-28-56(42)60(69)70/h5-32,67-70H,33-38H2,1-4H3. The molecule has 0 bridgehead atoms. The van der Waals surface area contributed by atoms with Gasteiger partial charge in [-0.05, 0) is 126 Å². The Kier molecular flexibility index (Phi) is 14.3. The molecule has 0 atom stereocenters. The zero-order chi connectivity index (χ0) is 49.1. The highest BCUT2D eigenvalue weighted by Gasteiger charge is 2.24. The first-order valence-corrected chi connectivity index (χ1v) is 23.6. The monoisotopic (exact) mass is 926 g/mol. The summed E-state index contributed by atoms with van der Waals surface area (Å²) in [6, 6.07) is 54.9. The first kappa shape index (κ1) is 47.9. The van der Waals surface area contributed by atoms with Crippen molar-refractivity contribution < 1.29 is 29.7 Å². The highest BCUT2D eigenvalue weighted by Crippen LogP contribution is 2.37. The number of fused-ring (bicyclic) bond motifs is 4. The van der Waals surface area contributed by atoms with E-state index in [1.807, 2.05) is 101 Å². The molecule has 350 valence electrons. The van der Waals surface area contributed by atoms with Crippen LogP contribution in [0.5, 0.6) is 0 Å². The molecule has 0 spiro atoms. The maximum atomic E-state index is 14.2. The van der Waals surface area contributed by atoms with E-state index in [1.165, 1.54) is 0 Å². The van der Waals surface area contributed by atoms with E-state index in [1.54, 1.807) is 58.3 Å². The summed E-state index contributed by atoms with van der Waals surface area (Å²) in [7, 11) is 4.58. The van der Waals surface area contributed by atoms with Crippen molar-refractivity contribution in [2.24, 2.45) is 0 Å². The van der Waals surface area contributed by atoms with Gasteiger partial charge in [0.15, 0.2) is 0 Å². The van der Waals surface area contributed by atoms with Crippen LogP contribution in [-0.2, 0) is 39.3 Å². The second-order valence-electron chi connectivity index (χ2n) is 18.5. The zero-order valence-corrected chi connectivity index (χ0v) is 40.0. The van der Waals surface area contributed by atoms with Crippen LogP contribution < -0.4 is 10.9 Å². The van der Waals surface area contributed by atoms with Gasteiger partial charge in [-0.1, -0.05) is 146 Å². The lowest BCUT2D eigenvalue weighted by Crippen LogP contribution is -2.35. The van der Waals surface area contributed by atoms with Crippen LogP contribution in [0.25, 0.3) is 43.1 Å². The van der Waals surface area contributed by atoms with Crippen molar-refractivity contribution in [2.45, 2.75) is 39.3 Å². The normalized spacial score (nSPS) is 11.6. The quantitative estimate of drug-likeness (QED) is 0.0581. The van der Waals surface area contributed by atoms with Crippen molar-refractivity contribution in [3.8, 4) is 0 Å². The van der Waals surface area contributed by atoms with Crippen LogP contribution in [0.15, 0.2) is 170 Å². The third kappa shape index (κ3) is 9.84. The highest BCUT2D eigenvalue weighted by atomic mass is 16.4. The molecule has 2 amide bonds. The molecule has 0 unspecified atom stereocenters. The fourth-order valence-corrected chi connectivity index (χ4v) is 10.2. The summed E-state index contributed by atoms with van der Waals surface area (Å²) in [6.07, 6.45) is 0. The molecule has 0 saturated carbocycles. The summed E-state index contributed by atoms with van der Waals surface area (Å²) in [5, 5.41) is 48.6. The molecule has 0 fully saturated rings.